The molecule has 0 fully saturated rings. The smallest absolute Gasteiger partial charge is 0.323 e. The number of imidazole rings is 1. The van der Waals surface area contributed by atoms with E-state index in [1.54, 1.807) is 4.57 Å². The van der Waals surface area contributed by atoms with Crippen LogP contribution in [0.4, 0.5) is 27.6 Å². The Morgan fingerprint density at radius 2 is 1.76 bits per heavy atom. The second kappa shape index (κ2) is 9.22. The van der Waals surface area contributed by atoms with Crippen LogP contribution in [0.1, 0.15) is 11.1 Å². The SMILES string of the molecule is O=C(CSc1nc2cc(C(F)(F)F)ccc2n1Cc1ccccc1)Nc1cc(F)ccc1F. The summed E-state index contributed by atoms with van der Waals surface area (Å²) < 4.78 is 68.2. The van der Waals surface area contributed by atoms with E-state index in [0.29, 0.717) is 17.2 Å². The molecule has 0 unspecified atom stereocenters. The van der Waals surface area contributed by atoms with Crippen molar-refractivity contribution >= 4 is 34.4 Å². The number of aromatic nitrogens is 2. The lowest BCUT2D eigenvalue weighted by Gasteiger charge is -2.10. The number of rotatable bonds is 6. The van der Waals surface area contributed by atoms with Gasteiger partial charge in [0, 0.05) is 6.07 Å². The lowest BCUT2D eigenvalue weighted by Crippen LogP contribution is -2.16. The third kappa shape index (κ3) is 5.33. The molecule has 0 aliphatic heterocycles. The highest BCUT2D eigenvalue weighted by atomic mass is 32.2. The van der Waals surface area contributed by atoms with Gasteiger partial charge in [-0.15, -0.1) is 0 Å². The lowest BCUT2D eigenvalue weighted by molar-refractivity contribution is -0.137. The van der Waals surface area contributed by atoms with Gasteiger partial charge in [0.2, 0.25) is 5.91 Å². The molecule has 10 heteroatoms. The molecule has 1 amide bonds. The molecule has 33 heavy (non-hydrogen) atoms. The number of carbonyl (C=O) groups excluding carboxylic acids is 1. The maximum atomic E-state index is 13.8. The summed E-state index contributed by atoms with van der Waals surface area (Å²) in [7, 11) is 0. The molecule has 0 atom stereocenters. The van der Waals surface area contributed by atoms with Crippen molar-refractivity contribution in [1.82, 2.24) is 9.55 Å². The Kier molecular flexibility index (Phi) is 6.37. The van der Waals surface area contributed by atoms with E-state index in [9.17, 15) is 26.7 Å². The number of amides is 1. The van der Waals surface area contributed by atoms with E-state index in [-0.39, 0.29) is 17.0 Å². The number of benzene rings is 3. The number of nitrogens with zero attached hydrogens (tertiary/aromatic N) is 2. The zero-order valence-corrected chi connectivity index (χ0v) is 17.7. The molecular formula is C23H16F5N3OS. The summed E-state index contributed by atoms with van der Waals surface area (Å²) in [5.74, 6) is -2.31. The van der Waals surface area contributed by atoms with Gasteiger partial charge >= 0.3 is 6.18 Å². The van der Waals surface area contributed by atoms with E-state index in [4.69, 9.17) is 0 Å². The van der Waals surface area contributed by atoms with E-state index in [1.165, 1.54) is 6.07 Å². The normalized spacial score (nSPS) is 11.7. The molecule has 0 aliphatic rings. The topological polar surface area (TPSA) is 46.9 Å². The van der Waals surface area contributed by atoms with Gasteiger partial charge in [-0.05, 0) is 35.9 Å². The number of nitrogens with one attached hydrogen (secondary N) is 1. The summed E-state index contributed by atoms with van der Waals surface area (Å²) in [5, 5.41) is 2.61. The van der Waals surface area contributed by atoms with Crippen LogP contribution in [0.25, 0.3) is 11.0 Å². The molecule has 4 rings (SSSR count). The van der Waals surface area contributed by atoms with Crippen molar-refractivity contribution in [2.45, 2.75) is 17.9 Å². The molecule has 0 aliphatic carbocycles. The van der Waals surface area contributed by atoms with Crippen LogP contribution in [-0.2, 0) is 17.5 Å². The van der Waals surface area contributed by atoms with Gasteiger partial charge in [0.05, 0.1) is 34.6 Å². The highest BCUT2D eigenvalue weighted by Crippen LogP contribution is 2.33. The summed E-state index contributed by atoms with van der Waals surface area (Å²) in [6, 6.07) is 15.2. The highest BCUT2D eigenvalue weighted by molar-refractivity contribution is 7.99. The van der Waals surface area contributed by atoms with Crippen molar-refractivity contribution in [3.05, 3.63) is 89.5 Å². The number of hydrogen-bond donors (Lipinski definition) is 1. The van der Waals surface area contributed by atoms with Gasteiger partial charge in [0.1, 0.15) is 11.6 Å². The molecule has 0 saturated carbocycles. The lowest BCUT2D eigenvalue weighted by atomic mass is 10.2. The van der Waals surface area contributed by atoms with Gasteiger partial charge in [-0.2, -0.15) is 13.2 Å². The Bertz CT molecular complexity index is 1300. The minimum atomic E-state index is -4.51. The quantitative estimate of drug-likeness (QED) is 0.269. The Balaban J connectivity index is 1.61. The van der Waals surface area contributed by atoms with Crippen LogP contribution < -0.4 is 5.32 Å². The standard InChI is InChI=1S/C23H16F5N3OS/c24-16-7-8-17(25)18(11-16)29-21(32)13-33-22-30-19-10-15(23(26,27)28)6-9-20(19)31(22)12-14-4-2-1-3-5-14/h1-11H,12-13H2,(H,29,32). The molecule has 4 nitrogen and oxygen atoms in total. The fraction of sp³-hybridized carbons (Fsp3) is 0.130. The maximum Gasteiger partial charge on any atom is 0.416 e. The highest BCUT2D eigenvalue weighted by Gasteiger charge is 2.31. The van der Waals surface area contributed by atoms with Crippen LogP contribution in [-0.4, -0.2) is 21.2 Å². The summed E-state index contributed by atoms with van der Waals surface area (Å²) in [6.07, 6.45) is -4.51. The first-order chi connectivity index (χ1) is 15.7. The largest absolute Gasteiger partial charge is 0.416 e. The monoisotopic (exact) mass is 477 g/mol. The second-order valence-corrected chi connectivity index (χ2v) is 8.07. The second-order valence-electron chi connectivity index (χ2n) is 7.13. The summed E-state index contributed by atoms with van der Waals surface area (Å²) in [6.45, 7) is 0.325. The molecule has 170 valence electrons. The first-order valence-corrected chi connectivity index (χ1v) is 10.7. The Morgan fingerprint density at radius 1 is 1.00 bits per heavy atom. The van der Waals surface area contributed by atoms with E-state index in [2.05, 4.69) is 10.3 Å². The van der Waals surface area contributed by atoms with Crippen molar-refractivity contribution in [3.63, 3.8) is 0 Å². The molecule has 0 spiro atoms. The summed E-state index contributed by atoms with van der Waals surface area (Å²) >= 11 is 0.985. The predicted molar refractivity (Wildman–Crippen MR) is 116 cm³/mol. The molecule has 1 N–H and O–H groups in total. The van der Waals surface area contributed by atoms with Crippen molar-refractivity contribution in [1.29, 1.82) is 0 Å². The molecule has 4 aromatic rings. The van der Waals surface area contributed by atoms with Crippen LogP contribution in [0.5, 0.6) is 0 Å². The Hall–Kier alpha value is -3.40. The molecule has 1 aromatic heterocycles. The fourth-order valence-electron chi connectivity index (χ4n) is 3.22. The number of carbonyl (C=O) groups is 1. The fourth-order valence-corrected chi connectivity index (χ4v) is 4.04. The van der Waals surface area contributed by atoms with Crippen molar-refractivity contribution in [2.24, 2.45) is 0 Å². The first kappa shape index (κ1) is 22.8. The van der Waals surface area contributed by atoms with Crippen molar-refractivity contribution < 1.29 is 26.7 Å². The predicted octanol–water partition coefficient (Wildman–Crippen LogP) is 6.11. The van der Waals surface area contributed by atoms with Gasteiger partial charge in [0.25, 0.3) is 0 Å². The van der Waals surface area contributed by atoms with Gasteiger partial charge in [0.15, 0.2) is 5.16 Å². The molecule has 1 heterocycles. The number of alkyl halides is 3. The van der Waals surface area contributed by atoms with E-state index in [0.717, 1.165) is 47.7 Å². The number of thioether (sulfide) groups is 1. The van der Waals surface area contributed by atoms with Crippen LogP contribution in [0, 0.1) is 11.6 Å². The number of fused-ring (bicyclic) bond motifs is 1. The molecular weight excluding hydrogens is 461 g/mol. The van der Waals surface area contributed by atoms with Crippen molar-refractivity contribution in [3.8, 4) is 0 Å². The average molecular weight is 477 g/mol. The van der Waals surface area contributed by atoms with E-state index in [1.807, 2.05) is 30.3 Å². The Morgan fingerprint density at radius 3 is 2.48 bits per heavy atom. The molecule has 0 saturated heterocycles. The minimum Gasteiger partial charge on any atom is -0.323 e. The zero-order valence-electron chi connectivity index (χ0n) is 16.9. The van der Waals surface area contributed by atoms with Crippen LogP contribution in [0.3, 0.4) is 0 Å². The summed E-state index contributed by atoms with van der Waals surface area (Å²) in [5.41, 5.74) is 0.388. The first-order valence-electron chi connectivity index (χ1n) is 9.70. The van der Waals surface area contributed by atoms with E-state index < -0.39 is 29.3 Å². The third-order valence-corrected chi connectivity index (χ3v) is 5.74. The zero-order chi connectivity index (χ0) is 23.6. The van der Waals surface area contributed by atoms with Gasteiger partial charge in [-0.3, -0.25) is 4.79 Å². The molecule has 0 bridgehead atoms. The minimum absolute atomic E-state index is 0.139. The maximum absolute atomic E-state index is 13.8. The number of anilines is 1. The van der Waals surface area contributed by atoms with Gasteiger partial charge in [-0.25, -0.2) is 13.8 Å². The van der Waals surface area contributed by atoms with Gasteiger partial charge in [-0.1, -0.05) is 42.1 Å². The summed E-state index contributed by atoms with van der Waals surface area (Å²) in [4.78, 5) is 16.6. The van der Waals surface area contributed by atoms with Crippen LogP contribution in [0.2, 0.25) is 0 Å². The molecule has 3 aromatic carbocycles. The Labute approximate surface area is 189 Å². The average Bonchev–Trinajstić information content (AvgIpc) is 3.11. The van der Waals surface area contributed by atoms with E-state index >= 15 is 0 Å². The van der Waals surface area contributed by atoms with Crippen LogP contribution >= 0.6 is 11.8 Å². The van der Waals surface area contributed by atoms with Crippen LogP contribution in [0.15, 0.2) is 71.9 Å². The van der Waals surface area contributed by atoms with Gasteiger partial charge < -0.3 is 9.88 Å². The number of hydrogen-bond acceptors (Lipinski definition) is 3. The third-order valence-electron chi connectivity index (χ3n) is 4.76. The van der Waals surface area contributed by atoms with Crippen molar-refractivity contribution in [2.75, 3.05) is 11.1 Å². The number of halogens is 5. The molecule has 0 radical (unpaired) electrons.